The van der Waals surface area contributed by atoms with Gasteiger partial charge >= 0.3 is 12.1 Å². The average molecular weight is 301 g/mol. The summed E-state index contributed by atoms with van der Waals surface area (Å²) in [6.45, 7) is -0.0193. The Morgan fingerprint density at radius 2 is 1.90 bits per heavy atom. The Bertz CT molecular complexity index is 619. The Hall–Kier alpha value is -2.35. The van der Waals surface area contributed by atoms with Gasteiger partial charge in [-0.25, -0.2) is 4.79 Å². The van der Waals surface area contributed by atoms with Gasteiger partial charge in [0.15, 0.2) is 5.69 Å². The van der Waals surface area contributed by atoms with Crippen LogP contribution in [0, 0.1) is 0 Å². The summed E-state index contributed by atoms with van der Waals surface area (Å²) in [5.41, 5.74) is -0.188. The fraction of sp³-hybridized carbons (Fsp3) is 0.231. The van der Waals surface area contributed by atoms with Crippen molar-refractivity contribution in [2.45, 2.75) is 19.4 Å². The Morgan fingerprint density at radius 3 is 2.48 bits per heavy atom. The van der Waals surface area contributed by atoms with E-state index in [1.165, 1.54) is 12.1 Å². The maximum absolute atomic E-state index is 12.4. The number of nitrogens with zero attached hydrogens (tertiary/aromatic N) is 1. The van der Waals surface area contributed by atoms with Crippen molar-refractivity contribution in [1.29, 1.82) is 0 Å². The van der Waals surface area contributed by atoms with Crippen molar-refractivity contribution in [3.8, 4) is 0 Å². The first-order valence-corrected chi connectivity index (χ1v) is 5.78. The standard InChI is InChI=1S/C13H10F3NO4/c14-13(15,16)10-3-1-8(2-4-10)5-20-6-9-7-21-17-11(9)12(18)19/h1-4,7H,5-6H2,(H,18,19). The monoisotopic (exact) mass is 301 g/mol. The van der Waals surface area contributed by atoms with Gasteiger partial charge in [0.2, 0.25) is 0 Å². The lowest BCUT2D eigenvalue weighted by molar-refractivity contribution is -0.137. The van der Waals surface area contributed by atoms with E-state index < -0.39 is 17.7 Å². The summed E-state index contributed by atoms with van der Waals surface area (Å²) in [7, 11) is 0. The fourth-order valence-electron chi connectivity index (χ4n) is 1.60. The number of benzene rings is 1. The summed E-state index contributed by atoms with van der Waals surface area (Å²) < 4.78 is 46.9. The molecule has 21 heavy (non-hydrogen) atoms. The van der Waals surface area contributed by atoms with Gasteiger partial charge in [-0.15, -0.1) is 0 Å². The molecule has 1 aromatic heterocycles. The number of rotatable bonds is 5. The van der Waals surface area contributed by atoms with Crippen molar-refractivity contribution >= 4 is 5.97 Å². The van der Waals surface area contributed by atoms with Crippen molar-refractivity contribution in [2.75, 3.05) is 0 Å². The molecule has 2 rings (SSSR count). The lowest BCUT2D eigenvalue weighted by atomic mass is 10.1. The molecule has 0 unspecified atom stereocenters. The zero-order valence-electron chi connectivity index (χ0n) is 10.6. The quantitative estimate of drug-likeness (QED) is 0.918. The molecule has 8 heteroatoms. The average Bonchev–Trinajstić information content (AvgIpc) is 2.87. The van der Waals surface area contributed by atoms with Crippen LogP contribution < -0.4 is 0 Å². The zero-order valence-corrected chi connectivity index (χ0v) is 10.6. The molecule has 0 radical (unpaired) electrons. The van der Waals surface area contributed by atoms with E-state index in [0.29, 0.717) is 5.56 Å². The summed E-state index contributed by atoms with van der Waals surface area (Å²) in [5.74, 6) is -1.24. The maximum Gasteiger partial charge on any atom is 0.416 e. The molecule has 0 aliphatic heterocycles. The van der Waals surface area contributed by atoms with Crippen LogP contribution in [0.1, 0.15) is 27.2 Å². The molecule has 0 bridgehead atoms. The molecule has 2 aromatic rings. The van der Waals surface area contributed by atoms with E-state index in [1.54, 1.807) is 0 Å². The molecule has 0 atom stereocenters. The maximum atomic E-state index is 12.4. The number of hydrogen-bond acceptors (Lipinski definition) is 4. The number of carboxylic acids is 1. The van der Waals surface area contributed by atoms with E-state index in [-0.39, 0.29) is 24.5 Å². The molecule has 1 aromatic carbocycles. The summed E-state index contributed by atoms with van der Waals surface area (Å²) in [6, 6.07) is 4.52. The third kappa shape index (κ3) is 3.82. The predicted molar refractivity (Wildman–Crippen MR) is 63.4 cm³/mol. The highest BCUT2D eigenvalue weighted by Gasteiger charge is 2.29. The number of aromatic nitrogens is 1. The van der Waals surface area contributed by atoms with Gasteiger partial charge in [-0.1, -0.05) is 17.3 Å². The second-order valence-corrected chi connectivity index (χ2v) is 4.18. The molecule has 0 saturated heterocycles. The molecule has 0 aliphatic carbocycles. The summed E-state index contributed by atoms with van der Waals surface area (Å²) in [4.78, 5) is 10.8. The van der Waals surface area contributed by atoms with Crippen LogP contribution >= 0.6 is 0 Å². The molecule has 5 nitrogen and oxygen atoms in total. The van der Waals surface area contributed by atoms with Gasteiger partial charge in [0.05, 0.1) is 24.3 Å². The van der Waals surface area contributed by atoms with E-state index in [0.717, 1.165) is 18.4 Å². The van der Waals surface area contributed by atoms with Crippen LogP contribution in [0.25, 0.3) is 0 Å². The molecule has 0 fully saturated rings. The Balaban J connectivity index is 1.92. The lowest BCUT2D eigenvalue weighted by Crippen LogP contribution is -2.05. The van der Waals surface area contributed by atoms with E-state index in [4.69, 9.17) is 9.84 Å². The summed E-state index contributed by atoms with van der Waals surface area (Å²) in [5, 5.41) is 12.1. The molecule has 112 valence electrons. The van der Waals surface area contributed by atoms with Gasteiger partial charge < -0.3 is 14.4 Å². The molecule has 0 saturated carbocycles. The summed E-state index contributed by atoms with van der Waals surface area (Å²) in [6.07, 6.45) is -3.23. The molecule has 0 amide bonds. The first-order chi connectivity index (χ1) is 9.88. The predicted octanol–water partition coefficient (Wildman–Crippen LogP) is 3.11. The topological polar surface area (TPSA) is 72.6 Å². The highest BCUT2D eigenvalue weighted by atomic mass is 19.4. The number of carboxylic acid groups (broad SMARTS) is 1. The number of alkyl halides is 3. The number of hydrogen-bond donors (Lipinski definition) is 1. The van der Waals surface area contributed by atoms with Crippen LogP contribution in [0.5, 0.6) is 0 Å². The van der Waals surface area contributed by atoms with Crippen molar-refractivity contribution < 1.29 is 32.3 Å². The minimum absolute atomic E-state index is 0.0440. The molecule has 1 heterocycles. The number of carbonyl (C=O) groups is 1. The van der Waals surface area contributed by atoms with Crippen molar-refractivity contribution in [2.24, 2.45) is 0 Å². The van der Waals surface area contributed by atoms with Crippen LogP contribution in [-0.2, 0) is 24.1 Å². The van der Waals surface area contributed by atoms with E-state index in [1.807, 2.05) is 0 Å². The zero-order chi connectivity index (χ0) is 15.5. The molecular formula is C13H10F3NO4. The van der Waals surface area contributed by atoms with E-state index >= 15 is 0 Å². The number of ether oxygens (including phenoxy) is 1. The second kappa shape index (κ2) is 5.96. The number of halogens is 3. The van der Waals surface area contributed by atoms with Crippen LogP contribution in [0.2, 0.25) is 0 Å². The van der Waals surface area contributed by atoms with Gasteiger partial charge in [-0.05, 0) is 17.7 Å². The molecule has 0 aliphatic rings. The van der Waals surface area contributed by atoms with Crippen LogP contribution in [0.4, 0.5) is 13.2 Å². The third-order valence-corrected chi connectivity index (χ3v) is 2.65. The van der Waals surface area contributed by atoms with Crippen LogP contribution in [-0.4, -0.2) is 16.2 Å². The van der Waals surface area contributed by atoms with Crippen LogP contribution in [0.15, 0.2) is 35.1 Å². The highest BCUT2D eigenvalue weighted by Crippen LogP contribution is 2.29. The summed E-state index contributed by atoms with van der Waals surface area (Å²) >= 11 is 0. The van der Waals surface area contributed by atoms with Gasteiger partial charge in [0, 0.05) is 0 Å². The Kier molecular flexibility index (Phi) is 4.27. The van der Waals surface area contributed by atoms with Crippen molar-refractivity contribution in [3.63, 3.8) is 0 Å². The lowest BCUT2D eigenvalue weighted by Gasteiger charge is -2.08. The first-order valence-electron chi connectivity index (χ1n) is 5.78. The fourth-order valence-corrected chi connectivity index (χ4v) is 1.60. The normalized spacial score (nSPS) is 11.6. The SMILES string of the molecule is O=C(O)c1nocc1COCc1ccc(C(F)(F)F)cc1. The van der Waals surface area contributed by atoms with E-state index in [9.17, 15) is 18.0 Å². The highest BCUT2D eigenvalue weighted by molar-refractivity contribution is 5.86. The molecule has 0 spiro atoms. The molecular weight excluding hydrogens is 291 g/mol. The van der Waals surface area contributed by atoms with Gasteiger partial charge in [-0.3, -0.25) is 0 Å². The van der Waals surface area contributed by atoms with Crippen molar-refractivity contribution in [3.05, 3.63) is 52.9 Å². The van der Waals surface area contributed by atoms with Gasteiger partial charge in [-0.2, -0.15) is 13.2 Å². The largest absolute Gasteiger partial charge is 0.476 e. The van der Waals surface area contributed by atoms with Crippen molar-refractivity contribution in [1.82, 2.24) is 5.16 Å². The minimum Gasteiger partial charge on any atom is -0.476 e. The first kappa shape index (κ1) is 15.0. The Labute approximate surface area is 116 Å². The van der Waals surface area contributed by atoms with Gasteiger partial charge in [0.1, 0.15) is 6.26 Å². The van der Waals surface area contributed by atoms with Gasteiger partial charge in [0.25, 0.3) is 0 Å². The third-order valence-electron chi connectivity index (χ3n) is 2.65. The number of aromatic carboxylic acids is 1. The molecule has 1 N–H and O–H groups in total. The Morgan fingerprint density at radius 1 is 1.24 bits per heavy atom. The minimum atomic E-state index is -4.38. The second-order valence-electron chi connectivity index (χ2n) is 4.18. The van der Waals surface area contributed by atoms with Crippen LogP contribution in [0.3, 0.4) is 0 Å². The smallest absolute Gasteiger partial charge is 0.416 e. The van der Waals surface area contributed by atoms with E-state index in [2.05, 4.69) is 9.68 Å².